The van der Waals surface area contributed by atoms with Crippen LogP contribution in [0.15, 0.2) is 48.9 Å². The minimum absolute atomic E-state index is 0.00861. The predicted octanol–water partition coefficient (Wildman–Crippen LogP) is 4.09. The summed E-state index contributed by atoms with van der Waals surface area (Å²) < 4.78 is 40.8. The first-order valence-corrected chi connectivity index (χ1v) is 10.7. The van der Waals surface area contributed by atoms with E-state index in [2.05, 4.69) is 20.3 Å². The van der Waals surface area contributed by atoms with Crippen LogP contribution in [0.1, 0.15) is 46.6 Å². The van der Waals surface area contributed by atoms with Crippen molar-refractivity contribution in [3.8, 4) is 5.82 Å². The molecule has 5 rings (SSSR count). The van der Waals surface area contributed by atoms with Crippen molar-refractivity contribution in [2.24, 2.45) is 5.92 Å². The molecule has 3 aromatic rings. The van der Waals surface area contributed by atoms with Crippen LogP contribution in [0.5, 0.6) is 0 Å². The zero-order chi connectivity index (χ0) is 23.2. The zero-order valence-electron chi connectivity index (χ0n) is 17.8. The van der Waals surface area contributed by atoms with Gasteiger partial charge >= 0.3 is 6.18 Å². The molecule has 0 aromatic carbocycles. The molecule has 2 aliphatic rings. The third-order valence-electron chi connectivity index (χ3n) is 6.33. The molecule has 0 spiro atoms. The summed E-state index contributed by atoms with van der Waals surface area (Å²) in [6.45, 7) is 2.44. The molecule has 4 heterocycles. The molecule has 1 aliphatic carbocycles. The minimum atomic E-state index is -4.41. The van der Waals surface area contributed by atoms with Crippen LogP contribution in [0.2, 0.25) is 0 Å². The van der Waals surface area contributed by atoms with Gasteiger partial charge in [-0.25, -0.2) is 9.67 Å². The van der Waals surface area contributed by atoms with E-state index in [-0.39, 0.29) is 11.9 Å². The van der Waals surface area contributed by atoms with Crippen molar-refractivity contribution in [1.29, 1.82) is 0 Å². The topological polar surface area (TPSA) is 76.8 Å². The fraction of sp³-hybridized carbons (Fsp3) is 0.348. The molecule has 3 aromatic heterocycles. The van der Waals surface area contributed by atoms with Crippen LogP contribution >= 0.6 is 0 Å². The number of likely N-dealkylation sites (tertiary alicyclic amines) is 1. The van der Waals surface area contributed by atoms with Crippen molar-refractivity contribution >= 4 is 11.5 Å². The lowest BCUT2D eigenvalue weighted by atomic mass is 9.83. The quantitative estimate of drug-likeness (QED) is 0.596. The average molecular weight is 454 g/mol. The first-order chi connectivity index (χ1) is 15.8. The summed E-state index contributed by atoms with van der Waals surface area (Å²) in [6.07, 6.45) is 3.88. The number of aromatic nitrogens is 5. The van der Waals surface area contributed by atoms with E-state index in [4.69, 9.17) is 0 Å². The summed E-state index contributed by atoms with van der Waals surface area (Å²) in [5, 5.41) is 7.78. The molecule has 1 fully saturated rings. The highest BCUT2D eigenvalue weighted by molar-refractivity contribution is 5.98. The van der Waals surface area contributed by atoms with Gasteiger partial charge in [-0.1, -0.05) is 11.3 Å². The molecule has 0 N–H and O–H groups in total. The number of fused-ring (bicyclic) bond motifs is 1. The second-order valence-corrected chi connectivity index (χ2v) is 8.39. The van der Waals surface area contributed by atoms with E-state index in [1.807, 2.05) is 17.9 Å². The number of hydrogen-bond donors (Lipinski definition) is 0. The third kappa shape index (κ3) is 4.01. The number of nitrogens with zero attached hydrogens (tertiary/aromatic N) is 6. The highest BCUT2D eigenvalue weighted by atomic mass is 19.4. The number of aryl methyl sites for hydroxylation is 1. The SMILES string of the molecule is Cc1ccc(C(=O)N2C[C@H]3CCC(c4cc(C(F)(F)F)ccn4)=CC[C@H]32)c(-n2ccnn2)n1. The van der Waals surface area contributed by atoms with Crippen molar-refractivity contribution in [2.45, 2.75) is 38.4 Å². The number of amides is 1. The minimum Gasteiger partial charge on any atom is -0.335 e. The summed E-state index contributed by atoms with van der Waals surface area (Å²) >= 11 is 0. The van der Waals surface area contributed by atoms with Crippen molar-refractivity contribution < 1.29 is 18.0 Å². The van der Waals surface area contributed by atoms with Gasteiger partial charge in [-0.2, -0.15) is 13.2 Å². The molecule has 170 valence electrons. The fourth-order valence-corrected chi connectivity index (χ4v) is 4.54. The Labute approximate surface area is 188 Å². The van der Waals surface area contributed by atoms with Crippen molar-refractivity contribution in [2.75, 3.05) is 6.54 Å². The lowest BCUT2D eigenvalue weighted by Gasteiger charge is -2.47. The van der Waals surface area contributed by atoms with Gasteiger partial charge in [0.25, 0.3) is 5.91 Å². The van der Waals surface area contributed by atoms with E-state index >= 15 is 0 Å². The van der Waals surface area contributed by atoms with E-state index in [1.165, 1.54) is 17.1 Å². The highest BCUT2D eigenvalue weighted by Gasteiger charge is 2.43. The second kappa shape index (κ2) is 8.09. The number of allylic oxidation sites excluding steroid dienone is 1. The van der Waals surface area contributed by atoms with E-state index in [9.17, 15) is 18.0 Å². The van der Waals surface area contributed by atoms with Crippen LogP contribution in [0.4, 0.5) is 13.2 Å². The lowest BCUT2D eigenvalue weighted by molar-refractivity contribution is -0.137. The number of carbonyl (C=O) groups excluding carboxylic acids is 1. The van der Waals surface area contributed by atoms with E-state index in [0.29, 0.717) is 42.4 Å². The molecule has 33 heavy (non-hydrogen) atoms. The lowest BCUT2D eigenvalue weighted by Crippen LogP contribution is -2.58. The number of alkyl halides is 3. The van der Waals surface area contributed by atoms with E-state index in [0.717, 1.165) is 29.8 Å². The largest absolute Gasteiger partial charge is 0.416 e. The van der Waals surface area contributed by atoms with Gasteiger partial charge in [-0.05, 0) is 61.9 Å². The Morgan fingerprint density at radius 2 is 2.03 bits per heavy atom. The molecule has 0 radical (unpaired) electrons. The van der Waals surface area contributed by atoms with Gasteiger partial charge in [-0.15, -0.1) is 5.10 Å². The van der Waals surface area contributed by atoms with Gasteiger partial charge in [-0.3, -0.25) is 9.78 Å². The first-order valence-electron chi connectivity index (χ1n) is 10.7. The number of carbonyl (C=O) groups is 1. The molecule has 2 atom stereocenters. The molecule has 1 amide bonds. The Morgan fingerprint density at radius 3 is 2.79 bits per heavy atom. The number of halogens is 3. The van der Waals surface area contributed by atoms with Crippen LogP contribution in [0.25, 0.3) is 11.4 Å². The number of rotatable bonds is 3. The normalized spacial score (nSPS) is 20.5. The van der Waals surface area contributed by atoms with Crippen molar-refractivity contribution in [3.63, 3.8) is 0 Å². The van der Waals surface area contributed by atoms with Crippen LogP contribution in [0, 0.1) is 12.8 Å². The molecular formula is C23H21F3N6O. The van der Waals surface area contributed by atoms with E-state index in [1.54, 1.807) is 18.3 Å². The average Bonchev–Trinajstić information content (AvgIpc) is 3.26. The van der Waals surface area contributed by atoms with Crippen LogP contribution in [-0.4, -0.2) is 48.4 Å². The summed E-state index contributed by atoms with van der Waals surface area (Å²) in [7, 11) is 0. The molecule has 0 unspecified atom stereocenters. The Bertz CT molecular complexity index is 1220. The molecule has 1 saturated heterocycles. The zero-order valence-corrected chi connectivity index (χ0v) is 17.8. The van der Waals surface area contributed by atoms with Gasteiger partial charge in [0.2, 0.25) is 0 Å². The molecule has 0 bridgehead atoms. The maximum atomic E-state index is 13.4. The van der Waals surface area contributed by atoms with Gasteiger partial charge < -0.3 is 4.90 Å². The molecule has 1 aliphatic heterocycles. The van der Waals surface area contributed by atoms with Gasteiger partial charge in [0.1, 0.15) is 0 Å². The summed E-state index contributed by atoms with van der Waals surface area (Å²) in [5.41, 5.74) is 1.64. The smallest absolute Gasteiger partial charge is 0.335 e. The Hall–Kier alpha value is -3.56. The molecule has 7 nitrogen and oxygen atoms in total. The Balaban J connectivity index is 1.38. The fourth-order valence-electron chi connectivity index (χ4n) is 4.54. The van der Waals surface area contributed by atoms with Gasteiger partial charge in [0.05, 0.1) is 29.2 Å². The highest BCUT2D eigenvalue weighted by Crippen LogP contribution is 2.39. The maximum Gasteiger partial charge on any atom is 0.416 e. The summed E-state index contributed by atoms with van der Waals surface area (Å²) in [5.74, 6) is 0.587. The summed E-state index contributed by atoms with van der Waals surface area (Å²) in [4.78, 5) is 23.9. The Kier molecular flexibility index (Phi) is 5.22. The standard InChI is InChI=1S/C23H21F3N6O/c1-14-2-6-18(21(29-14)32-11-10-28-30-32)22(33)31-13-16-4-3-15(5-7-20(16)31)19-12-17(8-9-27-19)23(24,25)26/h2,5-6,8-12,16,20H,3-4,7,13H2,1H3/t16-,20-/m1/s1. The molecule has 10 heteroatoms. The monoisotopic (exact) mass is 454 g/mol. The molecule has 0 saturated carbocycles. The van der Waals surface area contributed by atoms with Crippen LogP contribution in [0.3, 0.4) is 0 Å². The van der Waals surface area contributed by atoms with Gasteiger partial charge in [0.15, 0.2) is 5.82 Å². The number of hydrogen-bond acceptors (Lipinski definition) is 5. The predicted molar refractivity (Wildman–Crippen MR) is 113 cm³/mol. The van der Waals surface area contributed by atoms with E-state index < -0.39 is 11.7 Å². The molecular weight excluding hydrogens is 433 g/mol. The summed E-state index contributed by atoms with van der Waals surface area (Å²) in [6, 6.07) is 5.61. The van der Waals surface area contributed by atoms with Crippen LogP contribution in [-0.2, 0) is 6.18 Å². The van der Waals surface area contributed by atoms with Gasteiger partial charge in [0, 0.05) is 24.5 Å². The Morgan fingerprint density at radius 1 is 1.18 bits per heavy atom. The second-order valence-electron chi connectivity index (χ2n) is 8.39. The maximum absolute atomic E-state index is 13.4. The van der Waals surface area contributed by atoms with Crippen molar-refractivity contribution in [3.05, 3.63) is 71.4 Å². The van der Waals surface area contributed by atoms with Crippen molar-refractivity contribution in [1.82, 2.24) is 29.9 Å². The first kappa shape index (κ1) is 21.3. The number of pyridine rings is 2. The van der Waals surface area contributed by atoms with Crippen LogP contribution < -0.4 is 0 Å². The third-order valence-corrected chi connectivity index (χ3v) is 6.33.